The molecule has 0 radical (unpaired) electrons. The van der Waals surface area contributed by atoms with Crippen molar-refractivity contribution in [2.45, 2.75) is 38.6 Å². The molecule has 1 aliphatic rings. The van der Waals surface area contributed by atoms with E-state index in [-0.39, 0.29) is 0 Å². The van der Waals surface area contributed by atoms with E-state index in [1.54, 1.807) is 0 Å². The van der Waals surface area contributed by atoms with E-state index in [9.17, 15) is 0 Å². The second-order valence-corrected chi connectivity index (χ2v) is 3.42. The molecule has 0 heterocycles. The molecule has 1 aliphatic carbocycles. The Morgan fingerprint density at radius 3 is 2.82 bits per heavy atom. The molecule has 2 heteroatoms. The predicted molar refractivity (Wildman–Crippen MR) is 46.4 cm³/mol. The lowest BCUT2D eigenvalue weighted by Gasteiger charge is -2.09. The van der Waals surface area contributed by atoms with Gasteiger partial charge in [0.2, 0.25) is 0 Å². The summed E-state index contributed by atoms with van der Waals surface area (Å²) < 4.78 is 5.23. The lowest BCUT2D eigenvalue weighted by molar-refractivity contribution is 0.138. The topological polar surface area (TPSA) is 35.2 Å². The highest BCUT2D eigenvalue weighted by Crippen LogP contribution is 2.33. The van der Waals surface area contributed by atoms with Crippen molar-refractivity contribution in [1.29, 1.82) is 0 Å². The van der Waals surface area contributed by atoms with Crippen molar-refractivity contribution in [3.63, 3.8) is 0 Å². The van der Waals surface area contributed by atoms with Crippen molar-refractivity contribution >= 4 is 0 Å². The SMILES string of the molecule is CCOCCC(N)CC1CC1. The Hall–Kier alpha value is -0.0800. The van der Waals surface area contributed by atoms with Crippen molar-refractivity contribution < 1.29 is 4.74 Å². The summed E-state index contributed by atoms with van der Waals surface area (Å²) in [7, 11) is 0. The summed E-state index contributed by atoms with van der Waals surface area (Å²) in [5.41, 5.74) is 5.88. The molecule has 0 amide bonds. The fraction of sp³-hybridized carbons (Fsp3) is 1.00. The average Bonchev–Trinajstić information content (AvgIpc) is 2.72. The van der Waals surface area contributed by atoms with Crippen LogP contribution in [0.1, 0.15) is 32.6 Å². The van der Waals surface area contributed by atoms with E-state index in [0.717, 1.165) is 25.6 Å². The summed E-state index contributed by atoms with van der Waals surface area (Å²) in [5.74, 6) is 0.951. The molecule has 0 aromatic rings. The predicted octanol–water partition coefficient (Wildman–Crippen LogP) is 1.54. The summed E-state index contributed by atoms with van der Waals surface area (Å²) in [6.07, 6.45) is 5.06. The Morgan fingerprint density at radius 1 is 1.55 bits per heavy atom. The highest BCUT2D eigenvalue weighted by atomic mass is 16.5. The zero-order valence-electron chi connectivity index (χ0n) is 7.38. The maximum Gasteiger partial charge on any atom is 0.0480 e. The van der Waals surface area contributed by atoms with Gasteiger partial charge in [0.25, 0.3) is 0 Å². The first-order valence-electron chi connectivity index (χ1n) is 4.66. The number of nitrogens with two attached hydrogens (primary N) is 1. The van der Waals surface area contributed by atoms with Crippen LogP contribution in [0.25, 0.3) is 0 Å². The Labute approximate surface area is 69.1 Å². The van der Waals surface area contributed by atoms with Gasteiger partial charge in [0.15, 0.2) is 0 Å². The van der Waals surface area contributed by atoms with Gasteiger partial charge in [0.05, 0.1) is 0 Å². The van der Waals surface area contributed by atoms with Crippen LogP contribution in [0.15, 0.2) is 0 Å². The minimum absolute atomic E-state index is 0.383. The van der Waals surface area contributed by atoms with Crippen molar-refractivity contribution in [2.24, 2.45) is 11.7 Å². The monoisotopic (exact) mass is 157 g/mol. The Bertz CT molecular complexity index is 102. The molecule has 11 heavy (non-hydrogen) atoms. The fourth-order valence-corrected chi connectivity index (χ4v) is 1.28. The van der Waals surface area contributed by atoms with Crippen LogP contribution in [0.5, 0.6) is 0 Å². The minimum Gasteiger partial charge on any atom is -0.382 e. The lowest BCUT2D eigenvalue weighted by Crippen LogP contribution is -2.22. The number of rotatable bonds is 6. The largest absolute Gasteiger partial charge is 0.382 e. The van der Waals surface area contributed by atoms with Gasteiger partial charge in [-0.1, -0.05) is 12.8 Å². The van der Waals surface area contributed by atoms with Crippen molar-refractivity contribution in [3.05, 3.63) is 0 Å². The van der Waals surface area contributed by atoms with Gasteiger partial charge in [-0.3, -0.25) is 0 Å². The summed E-state index contributed by atoms with van der Waals surface area (Å²) in [5, 5.41) is 0. The molecule has 1 unspecified atom stereocenters. The van der Waals surface area contributed by atoms with Crippen LogP contribution < -0.4 is 5.73 Å². The Morgan fingerprint density at radius 2 is 2.27 bits per heavy atom. The minimum atomic E-state index is 0.383. The van der Waals surface area contributed by atoms with E-state index in [1.807, 2.05) is 6.92 Å². The average molecular weight is 157 g/mol. The third kappa shape index (κ3) is 4.38. The maximum absolute atomic E-state index is 5.88. The number of hydrogen-bond acceptors (Lipinski definition) is 2. The molecular weight excluding hydrogens is 138 g/mol. The normalized spacial score (nSPS) is 20.2. The summed E-state index contributed by atoms with van der Waals surface area (Å²) in [6.45, 7) is 3.67. The Balaban J connectivity index is 1.87. The molecule has 0 spiro atoms. The standard InChI is InChI=1S/C9H19NO/c1-2-11-6-5-9(10)7-8-3-4-8/h8-9H,2-7,10H2,1H3. The zero-order valence-corrected chi connectivity index (χ0v) is 7.38. The summed E-state index contributed by atoms with van der Waals surface area (Å²) >= 11 is 0. The van der Waals surface area contributed by atoms with E-state index in [4.69, 9.17) is 10.5 Å². The first-order valence-corrected chi connectivity index (χ1v) is 4.66. The molecule has 1 rings (SSSR count). The maximum atomic E-state index is 5.88. The highest BCUT2D eigenvalue weighted by molar-refractivity contribution is 4.78. The first-order chi connectivity index (χ1) is 5.33. The van der Waals surface area contributed by atoms with E-state index >= 15 is 0 Å². The van der Waals surface area contributed by atoms with Gasteiger partial charge < -0.3 is 10.5 Å². The third-order valence-electron chi connectivity index (χ3n) is 2.17. The second-order valence-electron chi connectivity index (χ2n) is 3.42. The van der Waals surface area contributed by atoms with Gasteiger partial charge in [0.1, 0.15) is 0 Å². The molecule has 1 fully saturated rings. The van der Waals surface area contributed by atoms with Gasteiger partial charge >= 0.3 is 0 Å². The van der Waals surface area contributed by atoms with Crippen LogP contribution in [0.4, 0.5) is 0 Å². The van der Waals surface area contributed by atoms with E-state index in [2.05, 4.69) is 0 Å². The van der Waals surface area contributed by atoms with Crippen LogP contribution in [-0.2, 0) is 4.74 Å². The molecule has 0 aliphatic heterocycles. The number of ether oxygens (including phenoxy) is 1. The van der Waals surface area contributed by atoms with Gasteiger partial charge in [-0.05, 0) is 25.7 Å². The second kappa shape index (κ2) is 4.73. The molecule has 1 atom stereocenters. The van der Waals surface area contributed by atoms with Crippen LogP contribution in [0.2, 0.25) is 0 Å². The quantitative estimate of drug-likeness (QED) is 0.594. The molecule has 0 bridgehead atoms. The summed E-state index contributed by atoms with van der Waals surface area (Å²) in [6, 6.07) is 0.383. The number of hydrogen-bond donors (Lipinski definition) is 1. The van der Waals surface area contributed by atoms with E-state index in [0.29, 0.717) is 6.04 Å². The van der Waals surface area contributed by atoms with Gasteiger partial charge in [-0.25, -0.2) is 0 Å². The fourth-order valence-electron chi connectivity index (χ4n) is 1.28. The van der Waals surface area contributed by atoms with Crippen LogP contribution in [-0.4, -0.2) is 19.3 Å². The van der Waals surface area contributed by atoms with Crippen molar-refractivity contribution in [3.8, 4) is 0 Å². The molecule has 2 nitrogen and oxygen atoms in total. The smallest absolute Gasteiger partial charge is 0.0480 e. The van der Waals surface area contributed by atoms with Gasteiger partial charge in [-0.2, -0.15) is 0 Å². The van der Waals surface area contributed by atoms with Crippen LogP contribution in [0.3, 0.4) is 0 Å². The van der Waals surface area contributed by atoms with Crippen molar-refractivity contribution in [1.82, 2.24) is 0 Å². The molecule has 0 aromatic carbocycles. The third-order valence-corrected chi connectivity index (χ3v) is 2.17. The summed E-state index contributed by atoms with van der Waals surface area (Å²) in [4.78, 5) is 0. The first kappa shape index (κ1) is 9.01. The van der Waals surface area contributed by atoms with Crippen molar-refractivity contribution in [2.75, 3.05) is 13.2 Å². The van der Waals surface area contributed by atoms with Crippen LogP contribution in [0, 0.1) is 5.92 Å². The molecule has 0 aromatic heterocycles. The molecular formula is C9H19NO. The van der Waals surface area contributed by atoms with Gasteiger partial charge in [0, 0.05) is 19.3 Å². The lowest BCUT2D eigenvalue weighted by atomic mass is 10.1. The highest BCUT2D eigenvalue weighted by Gasteiger charge is 2.23. The molecule has 1 saturated carbocycles. The van der Waals surface area contributed by atoms with E-state index in [1.165, 1.54) is 19.3 Å². The van der Waals surface area contributed by atoms with Gasteiger partial charge in [-0.15, -0.1) is 0 Å². The van der Waals surface area contributed by atoms with Crippen LogP contribution >= 0.6 is 0 Å². The Kier molecular flexibility index (Phi) is 3.87. The molecule has 2 N–H and O–H groups in total. The molecule has 0 saturated heterocycles. The molecule has 66 valence electrons. The van der Waals surface area contributed by atoms with E-state index < -0.39 is 0 Å². The zero-order chi connectivity index (χ0) is 8.10.